The molecule has 0 spiro atoms. The van der Waals surface area contributed by atoms with Gasteiger partial charge < -0.3 is 5.32 Å². The molecule has 1 fully saturated rings. The van der Waals surface area contributed by atoms with Gasteiger partial charge in [0.15, 0.2) is 0 Å². The maximum atomic E-state index is 5.95. The van der Waals surface area contributed by atoms with Crippen molar-refractivity contribution in [2.75, 3.05) is 0 Å². The van der Waals surface area contributed by atoms with E-state index >= 15 is 0 Å². The second kappa shape index (κ2) is 5.00. The van der Waals surface area contributed by atoms with Gasteiger partial charge >= 0.3 is 0 Å². The van der Waals surface area contributed by atoms with E-state index in [2.05, 4.69) is 24.4 Å². The van der Waals surface area contributed by atoms with Crippen molar-refractivity contribution in [2.24, 2.45) is 0 Å². The van der Waals surface area contributed by atoms with E-state index in [4.69, 9.17) is 11.6 Å². The zero-order chi connectivity index (χ0) is 10.7. The molecule has 0 aromatic heterocycles. The average molecular weight is 224 g/mol. The lowest BCUT2D eigenvalue weighted by Gasteiger charge is -2.30. The molecule has 1 aliphatic rings. The maximum Gasteiger partial charge on any atom is 0.0408 e. The van der Waals surface area contributed by atoms with Gasteiger partial charge in [-0.1, -0.05) is 30.2 Å². The molecule has 0 bridgehead atoms. The van der Waals surface area contributed by atoms with Crippen LogP contribution in [0.4, 0.5) is 0 Å². The molecule has 0 radical (unpaired) electrons. The van der Waals surface area contributed by atoms with Gasteiger partial charge in [-0.2, -0.15) is 0 Å². The summed E-state index contributed by atoms with van der Waals surface area (Å²) in [6, 6.07) is 9.46. The van der Waals surface area contributed by atoms with Crippen LogP contribution in [0.15, 0.2) is 24.3 Å². The highest BCUT2D eigenvalue weighted by Crippen LogP contribution is 2.19. The topological polar surface area (TPSA) is 12.0 Å². The Morgan fingerprint density at radius 2 is 2.27 bits per heavy atom. The lowest BCUT2D eigenvalue weighted by Crippen LogP contribution is -2.41. The Hall–Kier alpha value is -0.530. The molecule has 1 nitrogen and oxygen atoms in total. The standard InChI is InChI=1S/C13H18ClN/c1-10(15-13-6-3-7-13)8-11-4-2-5-12(14)9-11/h2,4-5,9-10,13,15H,3,6-8H2,1H3. The van der Waals surface area contributed by atoms with Gasteiger partial charge in [-0.15, -0.1) is 0 Å². The van der Waals surface area contributed by atoms with Gasteiger partial charge in [0.1, 0.15) is 0 Å². The van der Waals surface area contributed by atoms with Crippen LogP contribution in [0.3, 0.4) is 0 Å². The molecule has 15 heavy (non-hydrogen) atoms. The molecule has 1 aromatic rings. The fraction of sp³-hybridized carbons (Fsp3) is 0.538. The van der Waals surface area contributed by atoms with Crippen molar-refractivity contribution in [3.8, 4) is 0 Å². The van der Waals surface area contributed by atoms with Crippen molar-refractivity contribution in [3.63, 3.8) is 0 Å². The van der Waals surface area contributed by atoms with E-state index in [1.54, 1.807) is 0 Å². The van der Waals surface area contributed by atoms with Crippen molar-refractivity contribution in [2.45, 2.75) is 44.7 Å². The fourth-order valence-corrected chi connectivity index (χ4v) is 2.27. The minimum atomic E-state index is 0.550. The van der Waals surface area contributed by atoms with E-state index in [9.17, 15) is 0 Å². The SMILES string of the molecule is CC(Cc1cccc(Cl)c1)NC1CCC1. The highest BCUT2D eigenvalue weighted by molar-refractivity contribution is 6.30. The Bertz CT molecular complexity index is 320. The van der Waals surface area contributed by atoms with Gasteiger partial charge in [0.2, 0.25) is 0 Å². The first-order chi connectivity index (χ1) is 7.24. The predicted molar refractivity (Wildman–Crippen MR) is 65.4 cm³/mol. The lowest BCUT2D eigenvalue weighted by atomic mass is 9.92. The normalized spacial score (nSPS) is 18.5. The van der Waals surface area contributed by atoms with E-state index < -0.39 is 0 Å². The highest BCUT2D eigenvalue weighted by Gasteiger charge is 2.18. The third-order valence-corrected chi connectivity index (χ3v) is 3.29. The second-order valence-electron chi connectivity index (χ2n) is 4.53. The second-order valence-corrected chi connectivity index (χ2v) is 4.97. The molecular formula is C13H18ClN. The molecule has 0 aliphatic heterocycles. The van der Waals surface area contributed by atoms with Crippen LogP contribution in [-0.2, 0) is 6.42 Å². The van der Waals surface area contributed by atoms with Crippen LogP contribution in [0.25, 0.3) is 0 Å². The van der Waals surface area contributed by atoms with Gasteiger partial charge in [0.25, 0.3) is 0 Å². The number of rotatable bonds is 4. The zero-order valence-corrected chi connectivity index (χ0v) is 9.93. The largest absolute Gasteiger partial charge is 0.311 e. The average Bonchev–Trinajstić information content (AvgIpc) is 2.11. The first kappa shape index (κ1) is 11.0. The predicted octanol–water partition coefficient (Wildman–Crippen LogP) is 3.41. The summed E-state index contributed by atoms with van der Waals surface area (Å²) in [5.74, 6) is 0. The van der Waals surface area contributed by atoms with Crippen molar-refractivity contribution in [1.29, 1.82) is 0 Å². The molecular weight excluding hydrogens is 206 g/mol. The summed E-state index contributed by atoms with van der Waals surface area (Å²) in [6.07, 6.45) is 5.15. The Morgan fingerprint density at radius 3 is 2.87 bits per heavy atom. The minimum Gasteiger partial charge on any atom is -0.311 e. The van der Waals surface area contributed by atoms with Crippen LogP contribution in [0.2, 0.25) is 5.02 Å². The summed E-state index contributed by atoms with van der Waals surface area (Å²) in [5, 5.41) is 4.48. The van der Waals surface area contributed by atoms with Crippen LogP contribution in [0.1, 0.15) is 31.7 Å². The third-order valence-electron chi connectivity index (χ3n) is 3.06. The Labute approximate surface area is 96.8 Å². The molecule has 2 heteroatoms. The van der Waals surface area contributed by atoms with Crippen LogP contribution in [0, 0.1) is 0 Å². The summed E-state index contributed by atoms with van der Waals surface area (Å²) < 4.78 is 0. The molecule has 1 unspecified atom stereocenters. The fourth-order valence-electron chi connectivity index (χ4n) is 2.05. The van der Waals surface area contributed by atoms with E-state index in [1.165, 1.54) is 24.8 Å². The summed E-state index contributed by atoms with van der Waals surface area (Å²) in [6.45, 7) is 2.25. The van der Waals surface area contributed by atoms with Crippen molar-refractivity contribution < 1.29 is 0 Å². The number of nitrogens with one attached hydrogen (secondary N) is 1. The van der Waals surface area contributed by atoms with Crippen molar-refractivity contribution >= 4 is 11.6 Å². The molecule has 82 valence electrons. The zero-order valence-electron chi connectivity index (χ0n) is 9.17. The lowest BCUT2D eigenvalue weighted by molar-refractivity contribution is 0.310. The summed E-state index contributed by atoms with van der Waals surface area (Å²) in [5.41, 5.74) is 1.32. The smallest absolute Gasteiger partial charge is 0.0408 e. The van der Waals surface area contributed by atoms with Crippen LogP contribution < -0.4 is 5.32 Å². The summed E-state index contributed by atoms with van der Waals surface area (Å²) >= 11 is 5.95. The van der Waals surface area contributed by atoms with Gasteiger partial charge in [-0.05, 0) is 43.9 Å². The quantitative estimate of drug-likeness (QED) is 0.825. The minimum absolute atomic E-state index is 0.550. The van der Waals surface area contributed by atoms with Crippen LogP contribution in [0.5, 0.6) is 0 Å². The van der Waals surface area contributed by atoms with Crippen molar-refractivity contribution in [1.82, 2.24) is 5.32 Å². The maximum absolute atomic E-state index is 5.95. The van der Waals surface area contributed by atoms with E-state index in [1.807, 2.05) is 12.1 Å². The first-order valence-corrected chi connectivity index (χ1v) is 6.12. The molecule has 0 saturated heterocycles. The monoisotopic (exact) mass is 223 g/mol. The van der Waals surface area contributed by atoms with E-state index in [0.29, 0.717) is 6.04 Å². The van der Waals surface area contributed by atoms with E-state index in [-0.39, 0.29) is 0 Å². The van der Waals surface area contributed by atoms with Crippen LogP contribution >= 0.6 is 11.6 Å². The van der Waals surface area contributed by atoms with Crippen LogP contribution in [-0.4, -0.2) is 12.1 Å². The molecule has 0 heterocycles. The van der Waals surface area contributed by atoms with Gasteiger partial charge in [0, 0.05) is 17.1 Å². The summed E-state index contributed by atoms with van der Waals surface area (Å²) in [7, 11) is 0. The first-order valence-electron chi connectivity index (χ1n) is 5.74. The molecule has 1 aliphatic carbocycles. The molecule has 0 amide bonds. The molecule has 1 atom stereocenters. The third kappa shape index (κ3) is 3.22. The van der Waals surface area contributed by atoms with Gasteiger partial charge in [-0.25, -0.2) is 0 Å². The number of hydrogen-bond acceptors (Lipinski definition) is 1. The Kier molecular flexibility index (Phi) is 3.66. The molecule has 1 N–H and O–H groups in total. The Morgan fingerprint density at radius 1 is 1.47 bits per heavy atom. The van der Waals surface area contributed by atoms with E-state index in [0.717, 1.165) is 17.5 Å². The number of benzene rings is 1. The number of halogens is 1. The molecule has 1 aromatic carbocycles. The number of hydrogen-bond donors (Lipinski definition) is 1. The molecule has 2 rings (SSSR count). The van der Waals surface area contributed by atoms with Crippen molar-refractivity contribution in [3.05, 3.63) is 34.9 Å². The highest BCUT2D eigenvalue weighted by atomic mass is 35.5. The van der Waals surface area contributed by atoms with Gasteiger partial charge in [0.05, 0.1) is 0 Å². The summed E-state index contributed by atoms with van der Waals surface area (Å²) in [4.78, 5) is 0. The molecule has 1 saturated carbocycles. The van der Waals surface area contributed by atoms with Gasteiger partial charge in [-0.3, -0.25) is 0 Å². The Balaban J connectivity index is 1.84.